The number of nitrogens with one attached hydrogen (secondary N) is 1. The monoisotopic (exact) mass is 599 g/mol. The highest BCUT2D eigenvalue weighted by molar-refractivity contribution is 7.92. The number of rotatable bonds is 14. The van der Waals surface area contributed by atoms with Gasteiger partial charge in [-0.1, -0.05) is 67.1 Å². The van der Waals surface area contributed by atoms with Crippen molar-refractivity contribution in [2.75, 3.05) is 23.7 Å². The fourth-order valence-electron chi connectivity index (χ4n) is 4.29. The predicted octanol–water partition coefficient (Wildman–Crippen LogP) is 5.06. The Kier molecular flexibility index (Phi) is 11.6. The number of benzene rings is 3. The summed E-state index contributed by atoms with van der Waals surface area (Å²) in [5.41, 5.74) is 1.81. The summed E-state index contributed by atoms with van der Waals surface area (Å²) in [7, 11) is -3.86. The van der Waals surface area contributed by atoms with Gasteiger partial charge in [0.15, 0.2) is 0 Å². The van der Waals surface area contributed by atoms with E-state index in [1.54, 1.807) is 48.5 Å². The van der Waals surface area contributed by atoms with Gasteiger partial charge < -0.3 is 15.0 Å². The molecule has 3 rings (SSSR count). The predicted molar refractivity (Wildman–Crippen MR) is 164 cm³/mol. The van der Waals surface area contributed by atoms with Gasteiger partial charge >= 0.3 is 0 Å². The van der Waals surface area contributed by atoms with Crippen molar-refractivity contribution in [3.8, 4) is 5.75 Å². The number of nitrogens with zero attached hydrogens (tertiary/aromatic N) is 2. The average molecular weight is 600 g/mol. The molecule has 1 N–H and O–H groups in total. The van der Waals surface area contributed by atoms with Gasteiger partial charge in [0.1, 0.15) is 18.3 Å². The van der Waals surface area contributed by atoms with Gasteiger partial charge in [-0.05, 0) is 61.7 Å². The Morgan fingerprint density at radius 3 is 2.17 bits per heavy atom. The maximum absolute atomic E-state index is 14.1. The number of anilines is 1. The molecule has 0 bridgehead atoms. The molecule has 0 heterocycles. The Hall–Kier alpha value is -3.56. The summed E-state index contributed by atoms with van der Waals surface area (Å²) in [6.07, 6.45) is 2.00. The Morgan fingerprint density at radius 1 is 0.951 bits per heavy atom. The molecule has 2 atom stereocenters. The summed E-state index contributed by atoms with van der Waals surface area (Å²) in [4.78, 5) is 29.3. The number of ether oxygens (including phenoxy) is 1. The molecule has 2 amide bonds. The number of sulfonamides is 1. The lowest BCUT2D eigenvalue weighted by atomic mass is 10.0. The third kappa shape index (κ3) is 9.23. The van der Waals surface area contributed by atoms with Crippen LogP contribution in [0.15, 0.2) is 78.9 Å². The highest BCUT2D eigenvalue weighted by atomic mass is 35.5. The molecular formula is C31H38ClN3O5S. The molecule has 0 aliphatic heterocycles. The first-order valence-electron chi connectivity index (χ1n) is 13.6. The molecule has 0 saturated carbocycles. The minimum Gasteiger partial charge on any atom is -0.494 e. The van der Waals surface area contributed by atoms with Gasteiger partial charge in [0.05, 0.1) is 18.6 Å². The molecule has 0 aromatic heterocycles. The van der Waals surface area contributed by atoms with Crippen molar-refractivity contribution < 1.29 is 22.7 Å². The van der Waals surface area contributed by atoms with Crippen LogP contribution in [0.2, 0.25) is 5.02 Å². The van der Waals surface area contributed by atoms with E-state index < -0.39 is 28.5 Å². The van der Waals surface area contributed by atoms with E-state index in [-0.39, 0.29) is 24.9 Å². The lowest BCUT2D eigenvalue weighted by Gasteiger charge is -2.34. The second-order valence-corrected chi connectivity index (χ2v) is 12.1. The number of halogens is 1. The summed E-state index contributed by atoms with van der Waals surface area (Å²) < 4.78 is 32.3. The first kappa shape index (κ1) is 32.0. The van der Waals surface area contributed by atoms with Crippen molar-refractivity contribution in [1.29, 1.82) is 0 Å². The van der Waals surface area contributed by atoms with Crippen molar-refractivity contribution in [3.63, 3.8) is 0 Å². The standard InChI is InChI=1S/C31H38ClN3O5S/c1-5-23(3)33-31(37)29(20-24-12-8-7-9-13-24)34(21-25-14-10-11-15-28(25)32)30(36)22-35(41(4,38)39)26-16-18-27(19-17-26)40-6-2/h7-19,23,29H,5-6,20-22H2,1-4H3,(H,33,37)/t23-,29-/m0/s1. The molecule has 0 aliphatic rings. The second-order valence-electron chi connectivity index (χ2n) is 9.83. The molecule has 3 aromatic rings. The van der Waals surface area contributed by atoms with E-state index >= 15 is 0 Å². The molecule has 220 valence electrons. The first-order valence-corrected chi connectivity index (χ1v) is 15.8. The van der Waals surface area contributed by atoms with Crippen LogP contribution in [0.4, 0.5) is 5.69 Å². The van der Waals surface area contributed by atoms with E-state index in [1.807, 2.05) is 51.1 Å². The molecule has 10 heteroatoms. The number of carbonyl (C=O) groups is 2. The summed E-state index contributed by atoms with van der Waals surface area (Å²) in [5, 5.41) is 3.45. The lowest BCUT2D eigenvalue weighted by molar-refractivity contribution is -0.140. The molecule has 3 aromatic carbocycles. The molecular weight excluding hydrogens is 562 g/mol. The minimum atomic E-state index is -3.86. The summed E-state index contributed by atoms with van der Waals surface area (Å²) in [5.74, 6) is -0.277. The lowest BCUT2D eigenvalue weighted by Crippen LogP contribution is -2.54. The zero-order valence-electron chi connectivity index (χ0n) is 23.9. The number of amides is 2. The van der Waals surface area contributed by atoms with Crippen LogP contribution in [-0.2, 0) is 32.6 Å². The van der Waals surface area contributed by atoms with Crippen LogP contribution in [0.25, 0.3) is 0 Å². The van der Waals surface area contributed by atoms with Crippen LogP contribution >= 0.6 is 11.6 Å². The molecule has 41 heavy (non-hydrogen) atoms. The van der Waals surface area contributed by atoms with Crippen molar-refractivity contribution >= 4 is 39.1 Å². The van der Waals surface area contributed by atoms with Crippen molar-refractivity contribution in [3.05, 3.63) is 95.0 Å². The molecule has 0 spiro atoms. The average Bonchev–Trinajstić information content (AvgIpc) is 2.95. The molecule has 8 nitrogen and oxygen atoms in total. The summed E-state index contributed by atoms with van der Waals surface area (Å²) >= 11 is 6.48. The van der Waals surface area contributed by atoms with E-state index in [4.69, 9.17) is 16.3 Å². The third-order valence-corrected chi connectivity index (χ3v) is 8.19. The number of hydrogen-bond donors (Lipinski definition) is 1. The van der Waals surface area contributed by atoms with E-state index in [1.165, 1.54) is 4.90 Å². The highest BCUT2D eigenvalue weighted by Crippen LogP contribution is 2.24. The van der Waals surface area contributed by atoms with Crippen molar-refractivity contribution in [2.45, 2.75) is 52.2 Å². The van der Waals surface area contributed by atoms with Crippen LogP contribution in [0.3, 0.4) is 0 Å². The summed E-state index contributed by atoms with van der Waals surface area (Å²) in [6, 6.07) is 22.0. The zero-order chi connectivity index (χ0) is 30.0. The van der Waals surface area contributed by atoms with E-state index in [2.05, 4.69) is 5.32 Å². The fraction of sp³-hybridized carbons (Fsp3) is 0.355. The smallest absolute Gasteiger partial charge is 0.244 e. The Bertz CT molecular complexity index is 1400. The topological polar surface area (TPSA) is 96.0 Å². The SMILES string of the molecule is CCOc1ccc(N(CC(=O)N(Cc2ccccc2Cl)[C@@H](Cc2ccccc2)C(=O)N[C@@H](C)CC)S(C)(=O)=O)cc1. The molecule has 0 fully saturated rings. The molecule has 0 unspecified atom stereocenters. The van der Waals surface area contributed by atoms with Gasteiger partial charge in [-0.15, -0.1) is 0 Å². The zero-order valence-corrected chi connectivity index (χ0v) is 25.5. The fourth-order valence-corrected chi connectivity index (χ4v) is 5.34. The van der Waals surface area contributed by atoms with Gasteiger partial charge in [-0.2, -0.15) is 0 Å². The highest BCUT2D eigenvalue weighted by Gasteiger charge is 2.33. The molecule has 0 saturated heterocycles. The maximum Gasteiger partial charge on any atom is 0.244 e. The Labute approximate surface area is 248 Å². The summed E-state index contributed by atoms with van der Waals surface area (Å²) in [6.45, 7) is 5.70. The van der Waals surface area contributed by atoms with E-state index in [0.29, 0.717) is 35.1 Å². The first-order chi connectivity index (χ1) is 19.5. The van der Waals surface area contributed by atoms with Crippen LogP contribution in [-0.4, -0.2) is 56.6 Å². The van der Waals surface area contributed by atoms with Gasteiger partial charge in [0.25, 0.3) is 0 Å². The number of hydrogen-bond acceptors (Lipinski definition) is 5. The third-order valence-electron chi connectivity index (χ3n) is 6.69. The Balaban J connectivity index is 2.05. The van der Waals surface area contributed by atoms with Crippen LogP contribution < -0.4 is 14.4 Å². The quantitative estimate of drug-likeness (QED) is 0.279. The molecule has 0 aliphatic carbocycles. The van der Waals surface area contributed by atoms with Gasteiger partial charge in [0, 0.05) is 24.0 Å². The Morgan fingerprint density at radius 2 is 1.59 bits per heavy atom. The van der Waals surface area contributed by atoms with E-state index in [0.717, 1.165) is 16.1 Å². The number of carbonyl (C=O) groups excluding carboxylic acids is 2. The normalized spacial score (nSPS) is 12.7. The van der Waals surface area contributed by atoms with Crippen molar-refractivity contribution in [2.24, 2.45) is 0 Å². The largest absolute Gasteiger partial charge is 0.494 e. The maximum atomic E-state index is 14.1. The van der Waals surface area contributed by atoms with E-state index in [9.17, 15) is 18.0 Å². The second kappa shape index (κ2) is 14.9. The van der Waals surface area contributed by atoms with Crippen LogP contribution in [0.5, 0.6) is 5.75 Å². The van der Waals surface area contributed by atoms with Crippen LogP contribution in [0.1, 0.15) is 38.3 Å². The van der Waals surface area contributed by atoms with Crippen molar-refractivity contribution in [1.82, 2.24) is 10.2 Å². The van der Waals surface area contributed by atoms with Gasteiger partial charge in [0.2, 0.25) is 21.8 Å². The minimum absolute atomic E-state index is 0.0187. The van der Waals surface area contributed by atoms with Crippen LogP contribution in [0, 0.1) is 0 Å². The van der Waals surface area contributed by atoms with Gasteiger partial charge in [-0.25, -0.2) is 8.42 Å². The molecule has 0 radical (unpaired) electrons. The van der Waals surface area contributed by atoms with Gasteiger partial charge in [-0.3, -0.25) is 13.9 Å².